The van der Waals surface area contributed by atoms with Gasteiger partial charge in [0.1, 0.15) is 0 Å². The van der Waals surface area contributed by atoms with Crippen LogP contribution >= 0.6 is 0 Å². The average molecular weight is 936 g/mol. The monoisotopic (exact) mass is 935 g/mol. The first kappa shape index (κ1) is 50.4. The molecule has 2 aliphatic carbocycles. The molecule has 1 N–H and O–H groups in total. The van der Waals surface area contributed by atoms with E-state index in [0.29, 0.717) is 72.4 Å². The van der Waals surface area contributed by atoms with Gasteiger partial charge in [-0.3, -0.25) is 14.4 Å². The summed E-state index contributed by atoms with van der Waals surface area (Å²) in [4.78, 5) is 37.4. The van der Waals surface area contributed by atoms with Crippen molar-refractivity contribution in [2.45, 2.75) is 115 Å². The number of alkyl halides is 14. The van der Waals surface area contributed by atoms with Gasteiger partial charge in [-0.05, 0) is 103 Å². The van der Waals surface area contributed by atoms with E-state index in [1.807, 2.05) is 0 Å². The zero-order chi connectivity index (χ0) is 48.8. The number of Topliss-reactive ketones (excluding diaryl/α,β-unsaturated/α-hetero) is 3. The summed E-state index contributed by atoms with van der Waals surface area (Å²) in [5, 5.41) is 12.2. The Bertz CT molecular complexity index is 2520. The van der Waals surface area contributed by atoms with E-state index in [1.165, 1.54) is 39.8 Å². The van der Waals surface area contributed by atoms with Crippen molar-refractivity contribution in [1.82, 2.24) is 0 Å². The maximum Gasteiger partial charge on any atom is 0.435 e. The molecule has 0 saturated carbocycles. The van der Waals surface area contributed by atoms with Gasteiger partial charge in [-0.25, -0.2) is 8.78 Å². The standard InChI is InChI=1S/C23H20F7NO2.C23H19F7O2/c1-3-13-10-16(21(24,22(25,26)27)23(28,29)30)8-12(2)18(13)11-20(32)15-4-6-17-14(9-15)5-7-19(17)31-33;1-3-13-10-16(21(24,22(25,26)27)23(28,29)30)8-12(2)18(13)11-20(32)15-4-6-17-14(9-15)5-7-19(17)31/h4,6,8-10,33H,3,5,7,11H2,1-2H3;4,6,8-10H,3,5,7,11H2,1-2H3. The first-order valence-electron chi connectivity index (χ1n) is 19.9. The second-order valence-electron chi connectivity index (χ2n) is 15.8. The predicted octanol–water partition coefficient (Wildman–Crippen LogP) is 12.8. The largest absolute Gasteiger partial charge is 0.435 e. The number of fused-ring (bicyclic) bond motifs is 2. The lowest BCUT2D eigenvalue weighted by atomic mass is 9.86. The number of ketones is 3. The van der Waals surface area contributed by atoms with Gasteiger partial charge in [-0.1, -0.05) is 67.5 Å². The number of halogens is 14. The van der Waals surface area contributed by atoms with Crippen molar-refractivity contribution in [3.8, 4) is 0 Å². The van der Waals surface area contributed by atoms with Crippen molar-refractivity contribution in [3.63, 3.8) is 0 Å². The molecule has 0 atom stereocenters. The van der Waals surface area contributed by atoms with Crippen LogP contribution in [-0.2, 0) is 49.9 Å². The lowest BCUT2D eigenvalue weighted by Crippen LogP contribution is -2.50. The minimum atomic E-state index is -6.21. The number of nitrogens with zero attached hydrogens (tertiary/aromatic N) is 1. The molecule has 2 aliphatic rings. The van der Waals surface area contributed by atoms with Crippen LogP contribution in [0.15, 0.2) is 65.8 Å². The molecular weight excluding hydrogens is 896 g/mol. The number of oxime groups is 1. The Morgan fingerprint density at radius 1 is 0.538 bits per heavy atom. The Balaban J connectivity index is 0.000000244. The first-order chi connectivity index (χ1) is 29.9. The lowest BCUT2D eigenvalue weighted by Gasteiger charge is -2.31. The van der Waals surface area contributed by atoms with E-state index in [0.717, 1.165) is 11.1 Å². The molecule has 5 nitrogen and oxygen atoms in total. The number of rotatable bonds is 10. The molecule has 0 radical (unpaired) electrons. The predicted molar refractivity (Wildman–Crippen MR) is 209 cm³/mol. The van der Waals surface area contributed by atoms with E-state index in [-0.39, 0.29) is 70.4 Å². The Morgan fingerprint density at radius 2 is 0.908 bits per heavy atom. The molecule has 0 heterocycles. The molecule has 0 bridgehead atoms. The molecule has 0 fully saturated rings. The van der Waals surface area contributed by atoms with Gasteiger partial charge < -0.3 is 5.21 Å². The summed E-state index contributed by atoms with van der Waals surface area (Å²) in [6.07, 6.45) is -23.5. The Labute approximate surface area is 362 Å². The normalized spacial score (nSPS) is 15.2. The van der Waals surface area contributed by atoms with Gasteiger partial charge in [0.25, 0.3) is 0 Å². The van der Waals surface area contributed by atoms with E-state index in [2.05, 4.69) is 5.16 Å². The van der Waals surface area contributed by atoms with Crippen LogP contribution in [0, 0.1) is 13.8 Å². The van der Waals surface area contributed by atoms with E-state index in [4.69, 9.17) is 5.21 Å². The number of hydrogen-bond acceptors (Lipinski definition) is 5. The van der Waals surface area contributed by atoms with Crippen molar-refractivity contribution in [2.24, 2.45) is 5.16 Å². The minimum Gasteiger partial charge on any atom is -0.411 e. The van der Waals surface area contributed by atoms with Crippen LogP contribution in [-0.4, -0.2) is 53.0 Å². The zero-order valence-corrected chi connectivity index (χ0v) is 34.8. The van der Waals surface area contributed by atoms with Gasteiger partial charge in [0, 0.05) is 52.6 Å². The summed E-state index contributed by atoms with van der Waals surface area (Å²) in [5.74, 6) is -0.825. The van der Waals surface area contributed by atoms with Crippen molar-refractivity contribution in [2.75, 3.05) is 0 Å². The van der Waals surface area contributed by atoms with Crippen molar-refractivity contribution >= 4 is 23.1 Å². The SMILES string of the molecule is CCc1cc(C(F)(C(F)(F)F)C(F)(F)F)cc(C)c1CC(=O)c1ccc2c(c1)CCC2=NO.CCc1cc(C(F)(C(F)(F)F)C(F)(F)F)cc(C)c1CC(=O)c1ccc2c(c1)CCC2=O. The van der Waals surface area contributed by atoms with Crippen LogP contribution in [0.2, 0.25) is 0 Å². The Kier molecular flexibility index (Phi) is 13.9. The highest BCUT2D eigenvalue weighted by Gasteiger charge is 2.74. The summed E-state index contributed by atoms with van der Waals surface area (Å²) < 4.78 is 187. The Hall–Kier alpha value is -5.62. The minimum absolute atomic E-state index is 0.00176. The molecule has 19 heteroatoms. The first-order valence-corrected chi connectivity index (χ1v) is 19.9. The molecule has 6 rings (SSSR count). The molecule has 350 valence electrons. The molecule has 0 saturated heterocycles. The fourth-order valence-corrected chi connectivity index (χ4v) is 8.19. The molecule has 0 aliphatic heterocycles. The van der Waals surface area contributed by atoms with Gasteiger partial charge in [0.15, 0.2) is 17.3 Å². The smallest absolute Gasteiger partial charge is 0.411 e. The summed E-state index contributed by atoms with van der Waals surface area (Å²) >= 11 is 0. The van der Waals surface area contributed by atoms with Crippen LogP contribution in [0.5, 0.6) is 0 Å². The third-order valence-electron chi connectivity index (χ3n) is 11.8. The van der Waals surface area contributed by atoms with Crippen molar-refractivity contribution < 1.29 is 81.1 Å². The number of benzene rings is 4. The van der Waals surface area contributed by atoms with Gasteiger partial charge in [-0.15, -0.1) is 0 Å². The number of carbonyl (C=O) groups excluding carboxylic acids is 3. The zero-order valence-electron chi connectivity index (χ0n) is 34.8. The molecule has 4 aromatic rings. The summed E-state index contributed by atoms with van der Waals surface area (Å²) in [7, 11) is 0. The third-order valence-corrected chi connectivity index (χ3v) is 11.8. The highest BCUT2D eigenvalue weighted by Crippen LogP contribution is 2.55. The maximum absolute atomic E-state index is 14.5. The Morgan fingerprint density at radius 3 is 1.28 bits per heavy atom. The highest BCUT2D eigenvalue weighted by molar-refractivity contribution is 6.06. The fourth-order valence-electron chi connectivity index (χ4n) is 8.19. The third kappa shape index (κ3) is 9.42. The average Bonchev–Trinajstić information content (AvgIpc) is 3.81. The number of carbonyl (C=O) groups is 3. The van der Waals surface area contributed by atoms with Gasteiger partial charge >= 0.3 is 36.0 Å². The van der Waals surface area contributed by atoms with Gasteiger partial charge in [0.2, 0.25) is 0 Å². The molecule has 0 spiro atoms. The van der Waals surface area contributed by atoms with Crippen LogP contribution < -0.4 is 0 Å². The summed E-state index contributed by atoms with van der Waals surface area (Å²) in [6.45, 7) is 5.50. The molecule has 4 aromatic carbocycles. The molecule has 0 amide bonds. The molecule has 0 aromatic heterocycles. The molecule has 0 unspecified atom stereocenters. The second-order valence-corrected chi connectivity index (χ2v) is 15.8. The van der Waals surface area contributed by atoms with E-state index in [1.54, 1.807) is 24.3 Å². The molecule has 65 heavy (non-hydrogen) atoms. The van der Waals surface area contributed by atoms with E-state index >= 15 is 0 Å². The van der Waals surface area contributed by atoms with Crippen molar-refractivity contribution in [1.29, 1.82) is 0 Å². The van der Waals surface area contributed by atoms with E-state index < -0.39 is 58.7 Å². The van der Waals surface area contributed by atoms with Crippen LogP contribution in [0.25, 0.3) is 0 Å². The lowest BCUT2D eigenvalue weighted by molar-refractivity contribution is -0.349. The topological polar surface area (TPSA) is 83.8 Å². The van der Waals surface area contributed by atoms with Gasteiger partial charge in [0.05, 0.1) is 5.71 Å². The maximum atomic E-state index is 14.5. The molecular formula is C46H39F14NO4. The van der Waals surface area contributed by atoms with Crippen molar-refractivity contribution in [3.05, 3.63) is 139 Å². The van der Waals surface area contributed by atoms with Crippen LogP contribution in [0.3, 0.4) is 0 Å². The van der Waals surface area contributed by atoms with Gasteiger partial charge in [-0.2, -0.15) is 52.7 Å². The quantitative estimate of drug-likeness (QED) is 0.0743. The van der Waals surface area contributed by atoms with E-state index in [9.17, 15) is 75.8 Å². The fraction of sp³-hybridized carbons (Fsp3) is 0.391. The summed E-state index contributed by atoms with van der Waals surface area (Å²) in [5.41, 5.74) is -9.80. The second kappa shape index (κ2) is 18.0. The number of hydrogen-bond donors (Lipinski definition) is 1. The highest BCUT2D eigenvalue weighted by atomic mass is 19.4. The van der Waals surface area contributed by atoms with Crippen LogP contribution in [0.4, 0.5) is 61.5 Å². The van der Waals surface area contributed by atoms with Crippen LogP contribution in [0.1, 0.15) is 119 Å². The number of aryl methyl sites for hydroxylation is 6. The summed E-state index contributed by atoms with van der Waals surface area (Å²) in [6, 6.07) is 11.5.